The first-order chi connectivity index (χ1) is 8.86. The van der Waals surface area contributed by atoms with Gasteiger partial charge >= 0.3 is 0 Å². The molecular formula is C14H22BrN3O. The van der Waals surface area contributed by atoms with Crippen LogP contribution in [0.4, 0.5) is 0 Å². The Hall–Kier alpha value is -1.07. The summed E-state index contributed by atoms with van der Waals surface area (Å²) in [4.78, 5) is 2.23. The van der Waals surface area contributed by atoms with Crippen LogP contribution in [-0.4, -0.2) is 29.5 Å². The predicted molar refractivity (Wildman–Crippen MR) is 82.3 cm³/mol. The molecule has 0 saturated heterocycles. The number of hydrogen-bond acceptors (Lipinski definition) is 3. The molecule has 0 amide bonds. The Labute approximate surface area is 123 Å². The normalized spacial score (nSPS) is 13.0. The van der Waals surface area contributed by atoms with E-state index < -0.39 is 0 Å². The first kappa shape index (κ1) is 16.0. The van der Waals surface area contributed by atoms with E-state index >= 15 is 0 Å². The van der Waals surface area contributed by atoms with Gasteiger partial charge in [-0.2, -0.15) is 0 Å². The van der Waals surface area contributed by atoms with Crippen molar-refractivity contribution >= 4 is 21.8 Å². The molecule has 1 aromatic carbocycles. The van der Waals surface area contributed by atoms with E-state index in [2.05, 4.69) is 39.1 Å². The summed E-state index contributed by atoms with van der Waals surface area (Å²) in [6, 6.07) is 8.20. The van der Waals surface area contributed by atoms with Crippen LogP contribution < -0.4 is 5.73 Å². The van der Waals surface area contributed by atoms with Crippen molar-refractivity contribution in [1.82, 2.24) is 4.90 Å². The Morgan fingerprint density at radius 1 is 1.42 bits per heavy atom. The molecule has 0 heterocycles. The fraction of sp³-hybridized carbons (Fsp3) is 0.500. The van der Waals surface area contributed by atoms with Gasteiger partial charge in [-0.15, -0.1) is 0 Å². The molecule has 4 nitrogen and oxygen atoms in total. The molecule has 0 aliphatic rings. The highest BCUT2D eigenvalue weighted by Gasteiger charge is 2.23. The van der Waals surface area contributed by atoms with Gasteiger partial charge in [0, 0.05) is 16.4 Å². The first-order valence-corrected chi connectivity index (χ1v) is 7.06. The minimum absolute atomic E-state index is 0.279. The largest absolute Gasteiger partial charge is 0.409 e. The molecule has 0 atom stereocenters. The third-order valence-corrected chi connectivity index (χ3v) is 4.09. The monoisotopic (exact) mass is 327 g/mol. The number of oxime groups is 1. The predicted octanol–water partition coefficient (Wildman–Crippen LogP) is 3.04. The van der Waals surface area contributed by atoms with Crippen molar-refractivity contribution in [3.63, 3.8) is 0 Å². The number of nitrogens with two attached hydrogens (primary N) is 1. The van der Waals surface area contributed by atoms with E-state index in [0.29, 0.717) is 0 Å². The maximum atomic E-state index is 8.75. The molecule has 0 aliphatic carbocycles. The van der Waals surface area contributed by atoms with Crippen molar-refractivity contribution in [2.24, 2.45) is 16.3 Å². The molecule has 1 rings (SSSR count). The average Bonchev–Trinajstić information content (AvgIpc) is 2.38. The van der Waals surface area contributed by atoms with Gasteiger partial charge in [-0.3, -0.25) is 0 Å². The van der Waals surface area contributed by atoms with Gasteiger partial charge in [-0.25, -0.2) is 0 Å². The zero-order valence-corrected chi connectivity index (χ0v) is 13.3. The molecule has 0 unspecified atom stereocenters. The molecule has 0 aliphatic heterocycles. The Morgan fingerprint density at radius 2 is 2.05 bits per heavy atom. The van der Waals surface area contributed by atoms with Crippen molar-refractivity contribution in [3.05, 3.63) is 34.3 Å². The molecule has 0 bridgehead atoms. The number of hydrogen-bond donors (Lipinski definition) is 2. The molecule has 3 N–H and O–H groups in total. The third kappa shape index (κ3) is 4.84. The molecule has 106 valence electrons. The van der Waals surface area contributed by atoms with Crippen LogP contribution in [0.15, 0.2) is 33.9 Å². The maximum absolute atomic E-state index is 8.75. The fourth-order valence-corrected chi connectivity index (χ4v) is 2.14. The third-order valence-electron chi connectivity index (χ3n) is 3.32. The Morgan fingerprint density at radius 3 is 2.63 bits per heavy atom. The van der Waals surface area contributed by atoms with Crippen LogP contribution >= 0.6 is 15.9 Å². The molecule has 1 aromatic rings. The van der Waals surface area contributed by atoms with Gasteiger partial charge in [0.15, 0.2) is 0 Å². The summed E-state index contributed by atoms with van der Waals surface area (Å²) in [5.41, 5.74) is 6.65. The van der Waals surface area contributed by atoms with Crippen LogP contribution in [0.3, 0.4) is 0 Å². The number of nitrogens with zero attached hydrogens (tertiary/aromatic N) is 2. The van der Waals surface area contributed by atoms with Crippen LogP contribution in [0.25, 0.3) is 0 Å². The molecule has 0 radical (unpaired) electrons. The van der Waals surface area contributed by atoms with Gasteiger partial charge in [0.2, 0.25) is 0 Å². The van der Waals surface area contributed by atoms with Crippen molar-refractivity contribution in [2.45, 2.75) is 26.8 Å². The van der Waals surface area contributed by atoms with Gasteiger partial charge in [-0.05, 0) is 31.6 Å². The van der Waals surface area contributed by atoms with Gasteiger partial charge in [0.25, 0.3) is 0 Å². The van der Waals surface area contributed by atoms with E-state index in [-0.39, 0.29) is 11.3 Å². The summed E-state index contributed by atoms with van der Waals surface area (Å²) in [6.45, 7) is 5.71. The molecular weight excluding hydrogens is 306 g/mol. The van der Waals surface area contributed by atoms with Gasteiger partial charge in [-0.1, -0.05) is 53.1 Å². The zero-order chi connectivity index (χ0) is 14.5. The second kappa shape index (κ2) is 6.91. The number of amidine groups is 1. The van der Waals surface area contributed by atoms with Crippen LogP contribution in [0.1, 0.15) is 25.8 Å². The number of rotatable bonds is 6. The average molecular weight is 328 g/mol. The maximum Gasteiger partial charge on any atom is 0.144 e. The second-order valence-corrected chi connectivity index (χ2v) is 6.30. The highest BCUT2D eigenvalue weighted by atomic mass is 79.9. The molecule has 19 heavy (non-hydrogen) atoms. The number of halogens is 1. The molecule has 0 fully saturated rings. The van der Waals surface area contributed by atoms with Crippen molar-refractivity contribution in [1.29, 1.82) is 0 Å². The lowest BCUT2D eigenvalue weighted by molar-refractivity contribution is 0.272. The zero-order valence-electron chi connectivity index (χ0n) is 11.7. The van der Waals surface area contributed by atoms with Gasteiger partial charge in [0.05, 0.1) is 0 Å². The van der Waals surface area contributed by atoms with Crippen LogP contribution in [0, 0.1) is 5.41 Å². The fourth-order valence-electron chi connectivity index (χ4n) is 1.73. The SMILES string of the molecule is CN(CCC(C)(C)C(N)=NO)Cc1ccccc1Br. The quantitative estimate of drug-likeness (QED) is 0.365. The Balaban J connectivity index is 2.53. The molecule has 0 spiro atoms. The van der Waals surface area contributed by atoms with E-state index in [1.54, 1.807) is 0 Å². The summed E-state index contributed by atoms with van der Waals surface area (Å²) < 4.78 is 1.12. The second-order valence-electron chi connectivity index (χ2n) is 5.45. The van der Waals surface area contributed by atoms with Crippen LogP contribution in [0.2, 0.25) is 0 Å². The Bertz CT molecular complexity index is 446. The van der Waals surface area contributed by atoms with Crippen LogP contribution in [-0.2, 0) is 6.54 Å². The topological polar surface area (TPSA) is 61.8 Å². The first-order valence-electron chi connectivity index (χ1n) is 6.27. The summed E-state index contributed by atoms with van der Waals surface area (Å²) in [5.74, 6) is 0.279. The minimum Gasteiger partial charge on any atom is -0.409 e. The van der Waals surface area contributed by atoms with Crippen molar-refractivity contribution in [2.75, 3.05) is 13.6 Å². The van der Waals surface area contributed by atoms with E-state index in [4.69, 9.17) is 10.9 Å². The van der Waals surface area contributed by atoms with Gasteiger partial charge < -0.3 is 15.8 Å². The summed E-state index contributed by atoms with van der Waals surface area (Å²) in [5, 5.41) is 11.9. The summed E-state index contributed by atoms with van der Waals surface area (Å²) in [7, 11) is 2.07. The Kier molecular flexibility index (Phi) is 5.82. The highest BCUT2D eigenvalue weighted by Crippen LogP contribution is 2.22. The lowest BCUT2D eigenvalue weighted by Crippen LogP contribution is -2.35. The summed E-state index contributed by atoms with van der Waals surface area (Å²) >= 11 is 3.55. The van der Waals surface area contributed by atoms with Crippen molar-refractivity contribution < 1.29 is 5.21 Å². The standard InChI is InChI=1S/C14H22BrN3O/c1-14(2,13(16)17-19)8-9-18(3)10-11-6-4-5-7-12(11)15/h4-7,19H,8-10H2,1-3H3,(H2,16,17). The lowest BCUT2D eigenvalue weighted by atomic mass is 9.88. The summed E-state index contributed by atoms with van der Waals surface area (Å²) in [6.07, 6.45) is 0.837. The van der Waals surface area contributed by atoms with Crippen molar-refractivity contribution in [3.8, 4) is 0 Å². The van der Waals surface area contributed by atoms with Gasteiger partial charge in [0.1, 0.15) is 5.84 Å². The van der Waals surface area contributed by atoms with Crippen LogP contribution in [0.5, 0.6) is 0 Å². The minimum atomic E-state index is -0.295. The van der Waals surface area contributed by atoms with E-state index in [1.807, 2.05) is 32.0 Å². The highest BCUT2D eigenvalue weighted by molar-refractivity contribution is 9.10. The molecule has 0 aromatic heterocycles. The molecule has 5 heteroatoms. The smallest absolute Gasteiger partial charge is 0.144 e. The van der Waals surface area contributed by atoms with E-state index in [0.717, 1.165) is 24.0 Å². The number of benzene rings is 1. The van der Waals surface area contributed by atoms with E-state index in [9.17, 15) is 0 Å². The lowest BCUT2D eigenvalue weighted by Gasteiger charge is -2.26. The van der Waals surface area contributed by atoms with E-state index in [1.165, 1.54) is 5.56 Å². The molecule has 0 saturated carbocycles.